The van der Waals surface area contributed by atoms with Crippen LogP contribution in [-0.2, 0) is 0 Å². The third kappa shape index (κ3) is 4.40. The molecule has 0 amide bonds. The first-order valence-corrected chi connectivity index (χ1v) is 8.80. The van der Waals surface area contributed by atoms with E-state index in [1.165, 1.54) is 10.6 Å². The number of nitrogens with one attached hydrogen (secondary N) is 1. The van der Waals surface area contributed by atoms with Gasteiger partial charge in [-0.2, -0.15) is 0 Å². The molecule has 1 saturated heterocycles. The molecule has 0 radical (unpaired) electrons. The van der Waals surface area contributed by atoms with E-state index in [1.807, 2.05) is 30.4 Å². The fraction of sp³-hybridized carbons (Fsp3) is 0.300. The van der Waals surface area contributed by atoms with Crippen molar-refractivity contribution in [2.75, 3.05) is 44.7 Å². The van der Waals surface area contributed by atoms with Gasteiger partial charge in [-0.1, -0.05) is 18.2 Å². The minimum Gasteiger partial charge on any atom is -0.497 e. The zero-order valence-electron chi connectivity index (χ0n) is 14.9. The third-order valence-corrected chi connectivity index (χ3v) is 4.73. The van der Waals surface area contributed by atoms with Gasteiger partial charge in [0.1, 0.15) is 5.75 Å². The lowest BCUT2D eigenvalue weighted by Gasteiger charge is -2.33. The highest BCUT2D eigenvalue weighted by atomic mass is 16.6. The van der Waals surface area contributed by atoms with E-state index in [9.17, 15) is 10.1 Å². The molecule has 2 aromatic rings. The first-order chi connectivity index (χ1) is 12.7. The Morgan fingerprint density at radius 2 is 1.96 bits per heavy atom. The van der Waals surface area contributed by atoms with Crippen molar-refractivity contribution < 1.29 is 14.6 Å². The highest BCUT2D eigenvalue weighted by molar-refractivity contribution is 5.60. The molecule has 2 aromatic carbocycles. The summed E-state index contributed by atoms with van der Waals surface area (Å²) in [4.78, 5) is 14.6. The summed E-state index contributed by atoms with van der Waals surface area (Å²) in [6, 6.07) is 15.0. The third-order valence-electron chi connectivity index (χ3n) is 4.73. The number of hydrogen-bond donors (Lipinski definition) is 1. The molecular formula is C20H24N3O3+. The molecule has 3 rings (SSSR count). The van der Waals surface area contributed by atoms with Crippen LogP contribution in [-0.4, -0.2) is 44.8 Å². The van der Waals surface area contributed by atoms with Crippen molar-refractivity contribution in [2.45, 2.75) is 0 Å². The van der Waals surface area contributed by atoms with Gasteiger partial charge in [-0.15, -0.1) is 0 Å². The zero-order valence-corrected chi connectivity index (χ0v) is 14.9. The largest absolute Gasteiger partial charge is 0.497 e. The number of nitrogens with zero attached hydrogens (tertiary/aromatic N) is 2. The van der Waals surface area contributed by atoms with Crippen molar-refractivity contribution in [3.63, 3.8) is 0 Å². The minimum atomic E-state index is -0.334. The predicted molar refractivity (Wildman–Crippen MR) is 103 cm³/mol. The molecule has 1 heterocycles. The van der Waals surface area contributed by atoms with E-state index < -0.39 is 0 Å². The number of quaternary nitrogens is 1. The van der Waals surface area contributed by atoms with Crippen molar-refractivity contribution in [2.24, 2.45) is 0 Å². The summed E-state index contributed by atoms with van der Waals surface area (Å²) < 4.78 is 5.30. The molecular weight excluding hydrogens is 330 g/mol. The Bertz CT molecular complexity index is 783. The number of piperazine rings is 1. The van der Waals surface area contributed by atoms with Gasteiger partial charge in [-0.3, -0.25) is 10.1 Å². The van der Waals surface area contributed by atoms with Crippen LogP contribution in [0, 0.1) is 10.1 Å². The molecule has 26 heavy (non-hydrogen) atoms. The van der Waals surface area contributed by atoms with E-state index in [1.54, 1.807) is 25.3 Å². The summed E-state index contributed by atoms with van der Waals surface area (Å²) in [5.41, 5.74) is 2.01. The molecule has 6 heteroatoms. The van der Waals surface area contributed by atoms with E-state index in [4.69, 9.17) is 4.74 Å². The van der Waals surface area contributed by atoms with Crippen molar-refractivity contribution >= 4 is 17.5 Å². The number of rotatable bonds is 6. The van der Waals surface area contributed by atoms with Gasteiger partial charge in [0, 0.05) is 17.8 Å². The van der Waals surface area contributed by atoms with Crippen LogP contribution in [0.5, 0.6) is 5.75 Å². The Balaban J connectivity index is 1.54. The van der Waals surface area contributed by atoms with Crippen molar-refractivity contribution in [1.29, 1.82) is 0 Å². The summed E-state index contributed by atoms with van der Waals surface area (Å²) in [7, 11) is 1.69. The lowest BCUT2D eigenvalue weighted by Crippen LogP contribution is -3.14. The van der Waals surface area contributed by atoms with Gasteiger partial charge >= 0.3 is 0 Å². The maximum atomic E-state index is 11.1. The molecule has 1 fully saturated rings. The maximum Gasteiger partial charge on any atom is 0.276 e. The van der Waals surface area contributed by atoms with Crippen LogP contribution >= 0.6 is 0 Å². The van der Waals surface area contributed by atoms with Crippen LogP contribution in [0.1, 0.15) is 5.56 Å². The second-order valence-corrected chi connectivity index (χ2v) is 6.36. The van der Waals surface area contributed by atoms with Gasteiger partial charge in [0.05, 0.1) is 50.3 Å². The van der Waals surface area contributed by atoms with Crippen molar-refractivity contribution in [1.82, 2.24) is 0 Å². The van der Waals surface area contributed by atoms with Crippen LogP contribution in [0.25, 0.3) is 6.08 Å². The van der Waals surface area contributed by atoms with Gasteiger partial charge in [-0.05, 0) is 30.4 Å². The normalized spacial score (nSPS) is 15.3. The van der Waals surface area contributed by atoms with Crippen molar-refractivity contribution in [3.05, 3.63) is 70.3 Å². The molecule has 0 aliphatic carbocycles. The van der Waals surface area contributed by atoms with E-state index in [2.05, 4.69) is 17.0 Å². The quantitative estimate of drug-likeness (QED) is 0.637. The van der Waals surface area contributed by atoms with Gasteiger partial charge < -0.3 is 14.5 Å². The number of ether oxygens (including phenoxy) is 1. The molecule has 0 unspecified atom stereocenters. The zero-order chi connectivity index (χ0) is 18.4. The molecule has 0 saturated carbocycles. The second-order valence-electron chi connectivity index (χ2n) is 6.36. The summed E-state index contributed by atoms with van der Waals surface area (Å²) in [6.45, 7) is 4.93. The Labute approximate surface area is 153 Å². The Morgan fingerprint density at radius 1 is 1.19 bits per heavy atom. The van der Waals surface area contributed by atoms with Gasteiger partial charge in [0.15, 0.2) is 0 Å². The topological polar surface area (TPSA) is 60.0 Å². The molecule has 136 valence electrons. The molecule has 0 atom stereocenters. The Morgan fingerprint density at radius 3 is 2.69 bits per heavy atom. The monoisotopic (exact) mass is 354 g/mol. The van der Waals surface area contributed by atoms with E-state index in [0.717, 1.165) is 38.5 Å². The molecule has 1 N–H and O–H groups in total. The van der Waals surface area contributed by atoms with Crippen molar-refractivity contribution in [3.8, 4) is 5.75 Å². The van der Waals surface area contributed by atoms with Gasteiger partial charge in [0.2, 0.25) is 0 Å². The summed E-state index contributed by atoms with van der Waals surface area (Å²) >= 11 is 0. The fourth-order valence-electron chi connectivity index (χ4n) is 3.24. The van der Waals surface area contributed by atoms with Crippen LogP contribution in [0.2, 0.25) is 0 Å². The number of benzene rings is 2. The average Bonchev–Trinajstić information content (AvgIpc) is 2.69. The number of nitro groups is 1. The smallest absolute Gasteiger partial charge is 0.276 e. The van der Waals surface area contributed by atoms with Crippen LogP contribution in [0.4, 0.5) is 11.4 Å². The molecule has 0 bridgehead atoms. The second kappa shape index (κ2) is 8.49. The number of anilines is 1. The van der Waals surface area contributed by atoms with Crippen LogP contribution in [0.15, 0.2) is 54.6 Å². The number of para-hydroxylation sites is 1. The molecule has 1 aliphatic rings. The maximum absolute atomic E-state index is 11.1. The Kier molecular flexibility index (Phi) is 5.86. The molecule has 6 nitrogen and oxygen atoms in total. The number of nitro benzene ring substituents is 1. The van der Waals surface area contributed by atoms with Crippen LogP contribution < -0.4 is 14.5 Å². The van der Waals surface area contributed by atoms with Gasteiger partial charge in [0.25, 0.3) is 5.69 Å². The summed E-state index contributed by atoms with van der Waals surface area (Å²) in [5, 5.41) is 11.1. The van der Waals surface area contributed by atoms with Gasteiger partial charge in [-0.25, -0.2) is 0 Å². The molecule has 0 spiro atoms. The Hall–Kier alpha value is -2.86. The standard InChI is InChI=1S/C20H23N3O3/c1-26-19-9-4-8-18(16-19)22-14-12-21(13-15-22)11-5-7-17-6-2-3-10-20(17)23(24)25/h2-10,16H,11-15H2,1H3/p+1/b7-5+. The SMILES string of the molecule is COc1cccc(N2CC[NH+](C/C=C/c3ccccc3[N+](=O)[O-])CC2)c1. The van der Waals surface area contributed by atoms with E-state index >= 15 is 0 Å². The first-order valence-electron chi connectivity index (χ1n) is 8.80. The highest BCUT2D eigenvalue weighted by Gasteiger charge is 2.19. The molecule has 0 aromatic heterocycles. The number of hydrogen-bond acceptors (Lipinski definition) is 4. The van der Waals surface area contributed by atoms with E-state index in [-0.39, 0.29) is 10.6 Å². The lowest BCUT2D eigenvalue weighted by atomic mass is 10.1. The highest BCUT2D eigenvalue weighted by Crippen LogP contribution is 2.21. The summed E-state index contributed by atoms with van der Waals surface area (Å²) in [5.74, 6) is 0.879. The number of methoxy groups -OCH3 is 1. The van der Waals surface area contributed by atoms with Crippen LogP contribution in [0.3, 0.4) is 0 Å². The first kappa shape index (κ1) is 17.9. The molecule has 1 aliphatic heterocycles. The fourth-order valence-corrected chi connectivity index (χ4v) is 3.24. The summed E-state index contributed by atoms with van der Waals surface area (Å²) in [6.07, 6.45) is 3.90. The minimum absolute atomic E-state index is 0.154. The average molecular weight is 354 g/mol. The lowest BCUT2D eigenvalue weighted by molar-refractivity contribution is -0.894. The van der Waals surface area contributed by atoms with E-state index in [0.29, 0.717) is 5.56 Å². The predicted octanol–water partition coefficient (Wildman–Crippen LogP) is 2.02.